The van der Waals surface area contributed by atoms with E-state index in [0.29, 0.717) is 38.9 Å². The Labute approximate surface area is 147 Å². The monoisotopic (exact) mass is 340 g/mol. The minimum absolute atomic E-state index is 0.0115. The molecule has 0 radical (unpaired) electrons. The number of aryl methyl sites for hydroxylation is 3. The molecule has 2 heterocycles. The minimum atomic E-state index is 0.0115. The van der Waals surface area contributed by atoms with Gasteiger partial charge in [0.25, 0.3) is 0 Å². The fourth-order valence-electron chi connectivity index (χ4n) is 3.11. The first-order valence-corrected chi connectivity index (χ1v) is 8.70. The van der Waals surface area contributed by atoms with Gasteiger partial charge in [-0.15, -0.1) is 0 Å². The van der Waals surface area contributed by atoms with Crippen molar-refractivity contribution in [3.05, 3.63) is 47.2 Å². The van der Waals surface area contributed by atoms with Crippen molar-refractivity contribution in [2.45, 2.75) is 46.2 Å². The van der Waals surface area contributed by atoms with E-state index in [1.807, 2.05) is 48.9 Å². The van der Waals surface area contributed by atoms with Crippen molar-refractivity contribution in [2.24, 2.45) is 0 Å². The Morgan fingerprint density at radius 3 is 2.88 bits per heavy atom. The number of nitrogens with one attached hydrogen (secondary N) is 1. The predicted molar refractivity (Wildman–Crippen MR) is 96.2 cm³/mol. The minimum Gasteiger partial charge on any atom is -0.352 e. The van der Waals surface area contributed by atoms with Crippen molar-refractivity contribution in [2.75, 3.05) is 11.4 Å². The molecule has 1 aliphatic heterocycles. The quantitative estimate of drug-likeness (QED) is 0.878. The lowest BCUT2D eigenvalue weighted by atomic mass is 10.1. The number of rotatable bonds is 6. The molecule has 0 atom stereocenters. The molecule has 6 heteroatoms. The third-order valence-electron chi connectivity index (χ3n) is 4.52. The summed E-state index contributed by atoms with van der Waals surface area (Å²) in [6.45, 7) is 5.68. The van der Waals surface area contributed by atoms with Crippen molar-refractivity contribution in [3.63, 3.8) is 0 Å². The largest absolute Gasteiger partial charge is 0.352 e. The molecule has 1 aromatic heterocycles. The third-order valence-corrected chi connectivity index (χ3v) is 4.52. The van der Waals surface area contributed by atoms with Crippen LogP contribution in [0, 0.1) is 13.8 Å². The van der Waals surface area contributed by atoms with E-state index in [-0.39, 0.29) is 11.8 Å². The summed E-state index contributed by atoms with van der Waals surface area (Å²) in [6.07, 6.45) is 1.51. The summed E-state index contributed by atoms with van der Waals surface area (Å²) in [4.78, 5) is 26.0. The molecule has 0 spiro atoms. The zero-order chi connectivity index (χ0) is 17.8. The summed E-state index contributed by atoms with van der Waals surface area (Å²) >= 11 is 0. The Morgan fingerprint density at radius 1 is 1.28 bits per heavy atom. The van der Waals surface area contributed by atoms with Crippen molar-refractivity contribution < 1.29 is 9.59 Å². The van der Waals surface area contributed by atoms with E-state index < -0.39 is 0 Å². The highest BCUT2D eigenvalue weighted by Gasteiger charge is 2.25. The summed E-state index contributed by atoms with van der Waals surface area (Å²) in [5.74, 6) is 0.958. The Bertz CT molecular complexity index is 781. The van der Waals surface area contributed by atoms with Crippen LogP contribution in [0.1, 0.15) is 36.1 Å². The number of carbonyl (C=O) groups excluding carboxylic acids is 2. The van der Waals surface area contributed by atoms with Crippen LogP contribution in [0.25, 0.3) is 0 Å². The number of aromatic nitrogens is 2. The Morgan fingerprint density at radius 2 is 2.08 bits per heavy atom. The summed E-state index contributed by atoms with van der Waals surface area (Å²) in [5, 5.41) is 7.35. The van der Waals surface area contributed by atoms with Crippen LogP contribution in [0.4, 0.5) is 5.82 Å². The molecule has 1 N–H and O–H groups in total. The molecule has 3 rings (SSSR count). The van der Waals surface area contributed by atoms with Crippen molar-refractivity contribution in [1.82, 2.24) is 15.1 Å². The Kier molecular flexibility index (Phi) is 5.16. The summed E-state index contributed by atoms with van der Waals surface area (Å²) in [6, 6.07) is 9.94. The van der Waals surface area contributed by atoms with E-state index >= 15 is 0 Å². The van der Waals surface area contributed by atoms with Crippen molar-refractivity contribution >= 4 is 17.6 Å². The second-order valence-corrected chi connectivity index (χ2v) is 6.47. The van der Waals surface area contributed by atoms with E-state index in [9.17, 15) is 9.59 Å². The second kappa shape index (κ2) is 7.51. The van der Waals surface area contributed by atoms with Crippen LogP contribution in [0.15, 0.2) is 30.3 Å². The Hall–Kier alpha value is -2.63. The van der Waals surface area contributed by atoms with Crippen molar-refractivity contribution in [1.29, 1.82) is 0 Å². The molecule has 6 nitrogen and oxygen atoms in total. The summed E-state index contributed by atoms with van der Waals surface area (Å²) in [5.41, 5.74) is 3.21. The molecular weight excluding hydrogens is 316 g/mol. The molecule has 25 heavy (non-hydrogen) atoms. The van der Waals surface area contributed by atoms with Crippen LogP contribution in [0.2, 0.25) is 0 Å². The van der Waals surface area contributed by atoms with Gasteiger partial charge in [0.05, 0.1) is 12.2 Å². The topological polar surface area (TPSA) is 67.2 Å². The average Bonchev–Trinajstić information content (AvgIpc) is 2.97. The molecule has 0 fully saturated rings. The van der Waals surface area contributed by atoms with Gasteiger partial charge in [0.15, 0.2) is 0 Å². The van der Waals surface area contributed by atoms with Gasteiger partial charge in [0.2, 0.25) is 11.8 Å². The fourth-order valence-corrected chi connectivity index (χ4v) is 3.11. The summed E-state index contributed by atoms with van der Waals surface area (Å²) < 4.78 is 1.87. The highest BCUT2D eigenvalue weighted by Crippen LogP contribution is 2.22. The molecule has 0 saturated heterocycles. The van der Waals surface area contributed by atoms with Gasteiger partial charge in [-0.05, 0) is 31.4 Å². The highest BCUT2D eigenvalue weighted by atomic mass is 16.2. The molecule has 2 amide bonds. The number of hydrogen-bond donors (Lipinski definition) is 1. The van der Waals surface area contributed by atoms with Crippen LogP contribution in [0.3, 0.4) is 0 Å². The fraction of sp³-hybridized carbons (Fsp3) is 0.421. The maximum absolute atomic E-state index is 12.2. The first kappa shape index (κ1) is 17.2. The number of carbonyl (C=O) groups is 2. The maximum Gasteiger partial charge on any atom is 0.229 e. The van der Waals surface area contributed by atoms with Gasteiger partial charge in [-0.25, -0.2) is 4.68 Å². The third kappa shape index (κ3) is 4.07. The lowest BCUT2D eigenvalue weighted by Gasteiger charge is -2.27. The van der Waals surface area contributed by atoms with Gasteiger partial charge in [0.1, 0.15) is 5.82 Å². The van der Waals surface area contributed by atoms with Gasteiger partial charge < -0.3 is 5.32 Å². The molecule has 2 aromatic rings. The van der Waals surface area contributed by atoms with Gasteiger partial charge in [-0.3, -0.25) is 14.5 Å². The first-order chi connectivity index (χ1) is 12.0. The molecule has 1 aliphatic rings. The van der Waals surface area contributed by atoms with Crippen LogP contribution >= 0.6 is 0 Å². The number of amides is 2. The van der Waals surface area contributed by atoms with Crippen LogP contribution < -0.4 is 10.2 Å². The van der Waals surface area contributed by atoms with Gasteiger partial charge in [0, 0.05) is 32.0 Å². The number of anilines is 1. The number of nitrogens with zero attached hydrogens (tertiary/aromatic N) is 3. The zero-order valence-corrected chi connectivity index (χ0v) is 14.8. The normalized spacial score (nSPS) is 13.7. The molecular formula is C19H24N4O2. The predicted octanol–water partition coefficient (Wildman–Crippen LogP) is 2.33. The molecule has 1 aromatic carbocycles. The second-order valence-electron chi connectivity index (χ2n) is 6.47. The van der Waals surface area contributed by atoms with Gasteiger partial charge in [-0.1, -0.05) is 24.3 Å². The maximum atomic E-state index is 12.2. The number of hydrogen-bond acceptors (Lipinski definition) is 3. The van der Waals surface area contributed by atoms with E-state index in [1.54, 1.807) is 4.90 Å². The highest BCUT2D eigenvalue weighted by molar-refractivity contribution is 5.93. The van der Waals surface area contributed by atoms with Crippen LogP contribution in [-0.2, 0) is 22.7 Å². The smallest absolute Gasteiger partial charge is 0.229 e. The van der Waals surface area contributed by atoms with Crippen LogP contribution in [-0.4, -0.2) is 28.1 Å². The molecule has 0 aliphatic carbocycles. The van der Waals surface area contributed by atoms with E-state index in [4.69, 9.17) is 0 Å². The standard InChI is InChI=1S/C19H24N4O2/c1-14-6-3-4-7-16(14)13-20-17(24)8-5-10-22-18-12-15(2)21-23(18)11-9-19(22)25/h3-4,6-7,12H,5,8-11,13H2,1-2H3,(H,20,24). The lowest BCUT2D eigenvalue weighted by Crippen LogP contribution is -2.38. The average molecular weight is 340 g/mol. The van der Waals surface area contributed by atoms with Crippen LogP contribution in [0.5, 0.6) is 0 Å². The first-order valence-electron chi connectivity index (χ1n) is 8.70. The molecule has 132 valence electrons. The van der Waals surface area contributed by atoms with Crippen molar-refractivity contribution in [3.8, 4) is 0 Å². The van der Waals surface area contributed by atoms with E-state index in [0.717, 1.165) is 17.1 Å². The number of fused-ring (bicyclic) bond motifs is 1. The summed E-state index contributed by atoms with van der Waals surface area (Å²) in [7, 11) is 0. The number of benzene rings is 1. The van der Waals surface area contributed by atoms with E-state index in [2.05, 4.69) is 10.4 Å². The molecule has 0 unspecified atom stereocenters. The van der Waals surface area contributed by atoms with Gasteiger partial charge >= 0.3 is 0 Å². The molecule has 0 saturated carbocycles. The molecule has 0 bridgehead atoms. The zero-order valence-electron chi connectivity index (χ0n) is 14.8. The lowest BCUT2D eigenvalue weighted by molar-refractivity contribution is -0.122. The van der Waals surface area contributed by atoms with E-state index in [1.165, 1.54) is 5.56 Å². The van der Waals surface area contributed by atoms with Gasteiger partial charge in [-0.2, -0.15) is 5.10 Å². The Balaban J connectivity index is 1.48. The SMILES string of the molecule is Cc1cc2n(n1)CCC(=O)N2CCCC(=O)NCc1ccccc1C.